The van der Waals surface area contributed by atoms with Gasteiger partial charge in [0.15, 0.2) is 0 Å². The summed E-state index contributed by atoms with van der Waals surface area (Å²) in [5.74, 6) is 0. The summed E-state index contributed by atoms with van der Waals surface area (Å²) in [6, 6.07) is 7.90. The first-order valence-corrected chi connectivity index (χ1v) is 7.32. The summed E-state index contributed by atoms with van der Waals surface area (Å²) in [4.78, 5) is 13.9. The number of nitrogens with zero attached hydrogens (tertiary/aromatic N) is 1. The quantitative estimate of drug-likeness (QED) is 0.806. The van der Waals surface area contributed by atoms with Crippen LogP contribution in [0.15, 0.2) is 24.3 Å². The van der Waals surface area contributed by atoms with Gasteiger partial charge < -0.3 is 15.3 Å². The smallest absolute Gasteiger partial charge is 0.317 e. The molecule has 1 unspecified atom stereocenters. The minimum Gasteiger partial charge on any atom is -0.395 e. The fraction of sp³-hybridized carbons (Fsp3) is 0.562. The molecule has 1 rings (SSSR count). The first kappa shape index (κ1) is 16.5. The number of carbonyl (C=O) groups is 1. The summed E-state index contributed by atoms with van der Waals surface area (Å²) in [6.45, 7) is 7.17. The van der Waals surface area contributed by atoms with Crippen molar-refractivity contribution in [1.82, 2.24) is 10.2 Å². The van der Waals surface area contributed by atoms with Crippen molar-refractivity contribution in [1.29, 1.82) is 0 Å². The molecule has 1 aromatic rings. The normalized spacial score (nSPS) is 12.0. The summed E-state index contributed by atoms with van der Waals surface area (Å²) in [5.41, 5.74) is 2.29. The van der Waals surface area contributed by atoms with Crippen LogP contribution in [0.3, 0.4) is 0 Å². The van der Waals surface area contributed by atoms with Crippen molar-refractivity contribution in [3.05, 3.63) is 35.4 Å². The van der Waals surface area contributed by atoms with Gasteiger partial charge in [-0.1, -0.05) is 37.6 Å². The minimum atomic E-state index is -0.108. The van der Waals surface area contributed by atoms with Crippen LogP contribution in [0.4, 0.5) is 4.79 Å². The van der Waals surface area contributed by atoms with Crippen LogP contribution >= 0.6 is 0 Å². The van der Waals surface area contributed by atoms with Crippen LogP contribution in [0.1, 0.15) is 43.9 Å². The van der Waals surface area contributed by atoms with E-state index >= 15 is 0 Å². The third-order valence-electron chi connectivity index (χ3n) is 3.43. The van der Waals surface area contributed by atoms with E-state index in [1.807, 2.05) is 38.1 Å². The van der Waals surface area contributed by atoms with E-state index < -0.39 is 0 Å². The van der Waals surface area contributed by atoms with Crippen molar-refractivity contribution in [3.63, 3.8) is 0 Å². The number of nitrogens with one attached hydrogen (secondary N) is 1. The number of amides is 2. The highest BCUT2D eigenvalue weighted by atomic mass is 16.3. The molecule has 1 aromatic carbocycles. The van der Waals surface area contributed by atoms with Gasteiger partial charge in [0.05, 0.1) is 12.6 Å². The van der Waals surface area contributed by atoms with E-state index in [2.05, 4.69) is 12.2 Å². The zero-order valence-electron chi connectivity index (χ0n) is 12.7. The van der Waals surface area contributed by atoms with Crippen molar-refractivity contribution in [2.24, 2.45) is 0 Å². The minimum absolute atomic E-state index is 0.00409. The van der Waals surface area contributed by atoms with Gasteiger partial charge >= 0.3 is 6.03 Å². The lowest BCUT2D eigenvalue weighted by Gasteiger charge is -2.25. The van der Waals surface area contributed by atoms with Gasteiger partial charge in [0, 0.05) is 13.1 Å². The van der Waals surface area contributed by atoms with E-state index in [1.54, 1.807) is 4.90 Å². The van der Waals surface area contributed by atoms with E-state index in [9.17, 15) is 4.79 Å². The van der Waals surface area contributed by atoms with Gasteiger partial charge in [0.25, 0.3) is 0 Å². The molecule has 112 valence electrons. The predicted octanol–water partition coefficient (Wildman–Crippen LogP) is 2.86. The molecule has 1 atom stereocenters. The molecular weight excluding hydrogens is 252 g/mol. The Morgan fingerprint density at radius 2 is 2.05 bits per heavy atom. The van der Waals surface area contributed by atoms with Crippen molar-refractivity contribution in [2.75, 3.05) is 19.7 Å². The highest BCUT2D eigenvalue weighted by Gasteiger charge is 2.16. The summed E-state index contributed by atoms with van der Waals surface area (Å²) in [6.07, 6.45) is 1.98. The second-order valence-electron chi connectivity index (χ2n) is 5.09. The maximum Gasteiger partial charge on any atom is 0.317 e. The Kier molecular flexibility index (Phi) is 7.09. The zero-order chi connectivity index (χ0) is 15.0. The first-order valence-electron chi connectivity index (χ1n) is 7.32. The van der Waals surface area contributed by atoms with E-state index in [1.165, 1.54) is 5.56 Å². The number of hydrogen-bond acceptors (Lipinski definition) is 2. The van der Waals surface area contributed by atoms with E-state index in [-0.39, 0.29) is 18.7 Å². The van der Waals surface area contributed by atoms with Gasteiger partial charge in [0.1, 0.15) is 0 Å². The number of hydrogen-bond donors (Lipinski definition) is 2. The number of aliphatic hydroxyl groups is 1. The molecule has 0 aliphatic rings. The van der Waals surface area contributed by atoms with Gasteiger partial charge in [-0.25, -0.2) is 4.79 Å². The summed E-state index contributed by atoms with van der Waals surface area (Å²) >= 11 is 0. The summed E-state index contributed by atoms with van der Waals surface area (Å²) in [5, 5.41) is 12.1. The second-order valence-corrected chi connectivity index (χ2v) is 5.09. The van der Waals surface area contributed by atoms with E-state index in [0.717, 1.165) is 18.4 Å². The molecule has 2 amide bonds. The monoisotopic (exact) mass is 278 g/mol. The Hall–Kier alpha value is -1.55. The van der Waals surface area contributed by atoms with E-state index in [0.29, 0.717) is 13.1 Å². The van der Waals surface area contributed by atoms with E-state index in [4.69, 9.17) is 5.11 Å². The van der Waals surface area contributed by atoms with Crippen molar-refractivity contribution < 1.29 is 9.90 Å². The molecule has 4 nitrogen and oxygen atoms in total. The van der Waals surface area contributed by atoms with Gasteiger partial charge in [-0.2, -0.15) is 0 Å². The number of unbranched alkanes of at least 4 members (excludes halogenated alkanes) is 1. The third kappa shape index (κ3) is 4.85. The summed E-state index contributed by atoms with van der Waals surface area (Å²) in [7, 11) is 0. The largest absolute Gasteiger partial charge is 0.395 e. The number of aryl methyl sites for hydroxylation is 1. The highest BCUT2D eigenvalue weighted by molar-refractivity contribution is 5.74. The second kappa shape index (κ2) is 8.59. The average molecular weight is 278 g/mol. The molecule has 0 radical (unpaired) electrons. The lowest BCUT2D eigenvalue weighted by Crippen LogP contribution is -2.43. The van der Waals surface area contributed by atoms with Crippen LogP contribution < -0.4 is 5.32 Å². The average Bonchev–Trinajstić information content (AvgIpc) is 2.43. The Morgan fingerprint density at radius 3 is 2.65 bits per heavy atom. The molecule has 4 heteroatoms. The van der Waals surface area contributed by atoms with Crippen LogP contribution in [-0.2, 0) is 0 Å². The van der Waals surface area contributed by atoms with Crippen LogP contribution in [0.2, 0.25) is 0 Å². The number of urea groups is 1. The molecule has 0 fully saturated rings. The molecule has 0 saturated heterocycles. The molecule has 20 heavy (non-hydrogen) atoms. The number of rotatable bonds is 7. The molecule has 0 saturated carbocycles. The Balaban J connectivity index is 2.65. The topological polar surface area (TPSA) is 52.6 Å². The lowest BCUT2D eigenvalue weighted by molar-refractivity contribution is 0.173. The van der Waals surface area contributed by atoms with Crippen LogP contribution in [0.25, 0.3) is 0 Å². The molecule has 0 heterocycles. The third-order valence-corrected chi connectivity index (χ3v) is 3.43. The van der Waals surface area contributed by atoms with Gasteiger partial charge in [-0.15, -0.1) is 0 Å². The number of aliphatic hydroxyl groups excluding tert-OH is 1. The van der Waals surface area contributed by atoms with Crippen molar-refractivity contribution in [2.45, 2.75) is 39.7 Å². The molecule has 2 N–H and O–H groups in total. The Bertz CT molecular complexity index is 421. The maximum atomic E-state index is 12.2. The summed E-state index contributed by atoms with van der Waals surface area (Å²) < 4.78 is 0. The number of carbonyl (C=O) groups excluding carboxylic acids is 1. The molecule has 0 bridgehead atoms. The number of benzene rings is 1. The molecule has 0 spiro atoms. The van der Waals surface area contributed by atoms with Crippen molar-refractivity contribution >= 4 is 6.03 Å². The maximum absolute atomic E-state index is 12.2. The Labute approximate surface area is 121 Å². The SMILES string of the molecule is CCCCN(CCO)C(=O)NC(C)c1ccccc1C. The van der Waals surface area contributed by atoms with Gasteiger partial charge in [-0.3, -0.25) is 0 Å². The van der Waals surface area contributed by atoms with Crippen LogP contribution in [0, 0.1) is 6.92 Å². The molecule has 0 aliphatic heterocycles. The van der Waals surface area contributed by atoms with Gasteiger partial charge in [-0.05, 0) is 31.4 Å². The fourth-order valence-corrected chi connectivity index (χ4v) is 2.21. The Morgan fingerprint density at radius 1 is 1.35 bits per heavy atom. The van der Waals surface area contributed by atoms with Crippen molar-refractivity contribution in [3.8, 4) is 0 Å². The lowest BCUT2D eigenvalue weighted by atomic mass is 10.0. The van der Waals surface area contributed by atoms with Gasteiger partial charge in [0.2, 0.25) is 0 Å². The van der Waals surface area contributed by atoms with Crippen LogP contribution in [0.5, 0.6) is 0 Å². The molecule has 0 aromatic heterocycles. The molecule has 0 aliphatic carbocycles. The fourth-order valence-electron chi connectivity index (χ4n) is 2.21. The van der Waals surface area contributed by atoms with Crippen LogP contribution in [-0.4, -0.2) is 35.7 Å². The standard InChI is InChI=1S/C16H26N2O2/c1-4-5-10-18(11-12-19)16(20)17-14(3)15-9-7-6-8-13(15)2/h6-9,14,19H,4-5,10-12H2,1-3H3,(H,17,20). The predicted molar refractivity (Wildman–Crippen MR) is 81.7 cm³/mol. The molecular formula is C16H26N2O2. The zero-order valence-corrected chi connectivity index (χ0v) is 12.7. The highest BCUT2D eigenvalue weighted by Crippen LogP contribution is 2.16. The first-order chi connectivity index (χ1) is 9.60.